The Bertz CT molecular complexity index is 409. The summed E-state index contributed by atoms with van der Waals surface area (Å²) in [5, 5.41) is 11.8. The van der Waals surface area contributed by atoms with Crippen LogP contribution in [0.15, 0.2) is 24.3 Å². The van der Waals surface area contributed by atoms with Crippen LogP contribution in [0, 0.1) is 0 Å². The van der Waals surface area contributed by atoms with Crippen LogP contribution < -0.4 is 15.8 Å². The molecule has 1 aromatic rings. The van der Waals surface area contributed by atoms with Crippen LogP contribution in [0.25, 0.3) is 0 Å². The van der Waals surface area contributed by atoms with Gasteiger partial charge in [0.2, 0.25) is 0 Å². The third-order valence-electron chi connectivity index (χ3n) is 3.10. The molecule has 0 atom stereocenters. The van der Waals surface area contributed by atoms with E-state index >= 15 is 0 Å². The molecule has 0 aliphatic rings. The third kappa shape index (κ3) is 6.46. The molecule has 1 aromatic carbocycles. The van der Waals surface area contributed by atoms with Crippen LogP contribution in [0.1, 0.15) is 19.3 Å². The lowest BCUT2D eigenvalue weighted by Gasteiger charge is -2.23. The van der Waals surface area contributed by atoms with E-state index in [1.165, 1.54) is 0 Å². The monoisotopic (exact) mass is 295 g/mol. The molecule has 0 saturated carbocycles. The summed E-state index contributed by atoms with van der Waals surface area (Å²) in [5.74, 6) is 0.744. The summed E-state index contributed by atoms with van der Waals surface area (Å²) in [6.07, 6.45) is 2.31. The lowest BCUT2D eigenvalue weighted by molar-refractivity contribution is 0.201. The molecule has 0 aliphatic heterocycles. The second kappa shape index (κ2) is 10.0. The van der Waals surface area contributed by atoms with Crippen LogP contribution >= 0.6 is 0 Å². The smallest absolute Gasteiger partial charge is 0.321 e. The summed E-state index contributed by atoms with van der Waals surface area (Å²) in [7, 11) is 1.60. The Morgan fingerprint density at radius 1 is 1.24 bits per heavy atom. The van der Waals surface area contributed by atoms with Crippen molar-refractivity contribution in [3.63, 3.8) is 0 Å². The molecule has 0 heterocycles. The Morgan fingerprint density at radius 2 is 1.90 bits per heavy atom. The second-order valence-corrected chi connectivity index (χ2v) is 4.72. The highest BCUT2D eigenvalue weighted by molar-refractivity contribution is 5.89. The highest BCUT2D eigenvalue weighted by Gasteiger charge is 2.12. The van der Waals surface area contributed by atoms with Crippen molar-refractivity contribution in [3.05, 3.63) is 24.3 Å². The van der Waals surface area contributed by atoms with Gasteiger partial charge < -0.3 is 25.8 Å². The average molecular weight is 295 g/mol. The molecule has 1 rings (SSSR count). The van der Waals surface area contributed by atoms with Gasteiger partial charge in [-0.25, -0.2) is 4.79 Å². The Hall–Kier alpha value is -1.79. The minimum absolute atomic E-state index is 0.0726. The van der Waals surface area contributed by atoms with Gasteiger partial charge in [-0.2, -0.15) is 0 Å². The molecule has 21 heavy (non-hydrogen) atoms. The fourth-order valence-electron chi connectivity index (χ4n) is 1.90. The number of benzene rings is 1. The molecule has 0 saturated heterocycles. The van der Waals surface area contributed by atoms with Gasteiger partial charge in [0, 0.05) is 25.4 Å². The zero-order valence-electron chi connectivity index (χ0n) is 12.5. The Labute approximate surface area is 125 Å². The Morgan fingerprint density at radius 3 is 2.48 bits per heavy atom. The minimum atomic E-state index is -0.161. The van der Waals surface area contributed by atoms with Crippen LogP contribution in [-0.2, 0) is 0 Å². The standard InChI is InChI=1S/C15H25N3O3/c1-21-14-7-5-13(6-8-14)17-15(20)18(11-4-12-19)10-3-2-9-16/h5-8,19H,2-4,9-12,16H2,1H3,(H,17,20). The summed E-state index contributed by atoms with van der Waals surface area (Å²) in [4.78, 5) is 13.9. The maximum atomic E-state index is 12.2. The summed E-state index contributed by atoms with van der Waals surface area (Å²) >= 11 is 0. The fraction of sp³-hybridized carbons (Fsp3) is 0.533. The Balaban J connectivity index is 2.56. The van der Waals surface area contributed by atoms with E-state index in [2.05, 4.69) is 5.32 Å². The number of carbonyl (C=O) groups excluding carboxylic acids is 1. The maximum absolute atomic E-state index is 12.2. The number of nitrogens with two attached hydrogens (primary N) is 1. The number of hydrogen-bond acceptors (Lipinski definition) is 4. The van der Waals surface area contributed by atoms with Crippen molar-refractivity contribution < 1.29 is 14.6 Å². The highest BCUT2D eigenvalue weighted by atomic mass is 16.5. The van der Waals surface area contributed by atoms with Crippen LogP contribution in [0.5, 0.6) is 5.75 Å². The number of unbranched alkanes of at least 4 members (excludes halogenated alkanes) is 1. The summed E-state index contributed by atoms with van der Waals surface area (Å²) in [5.41, 5.74) is 6.19. The van der Waals surface area contributed by atoms with Gasteiger partial charge in [0.15, 0.2) is 0 Å². The summed E-state index contributed by atoms with van der Waals surface area (Å²) in [6, 6.07) is 7.01. The topological polar surface area (TPSA) is 87.8 Å². The van der Waals surface area contributed by atoms with E-state index in [0.717, 1.165) is 18.6 Å². The van der Waals surface area contributed by atoms with E-state index in [0.29, 0.717) is 31.7 Å². The van der Waals surface area contributed by atoms with Crippen LogP contribution in [-0.4, -0.2) is 49.4 Å². The molecule has 4 N–H and O–H groups in total. The van der Waals surface area contributed by atoms with Crippen molar-refractivity contribution in [2.45, 2.75) is 19.3 Å². The van der Waals surface area contributed by atoms with Crippen molar-refractivity contribution >= 4 is 11.7 Å². The number of nitrogens with one attached hydrogen (secondary N) is 1. The van der Waals surface area contributed by atoms with E-state index < -0.39 is 0 Å². The van der Waals surface area contributed by atoms with Crippen molar-refractivity contribution in [1.82, 2.24) is 4.90 Å². The maximum Gasteiger partial charge on any atom is 0.321 e. The van der Waals surface area contributed by atoms with E-state index in [1.54, 1.807) is 36.3 Å². The molecular weight excluding hydrogens is 270 g/mol. The van der Waals surface area contributed by atoms with Gasteiger partial charge in [-0.1, -0.05) is 0 Å². The van der Waals surface area contributed by atoms with Crippen LogP contribution in [0.4, 0.5) is 10.5 Å². The number of carbonyl (C=O) groups is 1. The van der Waals surface area contributed by atoms with Gasteiger partial charge in [-0.15, -0.1) is 0 Å². The van der Waals surface area contributed by atoms with E-state index in [1.807, 2.05) is 0 Å². The summed E-state index contributed by atoms with van der Waals surface area (Å²) in [6.45, 7) is 1.86. The molecule has 118 valence electrons. The molecule has 6 heteroatoms. The first-order chi connectivity index (χ1) is 10.2. The third-order valence-corrected chi connectivity index (χ3v) is 3.10. The molecule has 0 fully saturated rings. The summed E-state index contributed by atoms with van der Waals surface area (Å²) < 4.78 is 5.08. The number of hydrogen-bond donors (Lipinski definition) is 3. The molecule has 2 amide bonds. The number of rotatable bonds is 9. The van der Waals surface area contributed by atoms with Gasteiger partial charge in [0.25, 0.3) is 0 Å². The lowest BCUT2D eigenvalue weighted by Crippen LogP contribution is -2.37. The SMILES string of the molecule is COc1ccc(NC(=O)N(CCCO)CCCCN)cc1. The van der Waals surface area contributed by atoms with Crippen LogP contribution in [0.2, 0.25) is 0 Å². The molecular formula is C15H25N3O3. The van der Waals surface area contributed by atoms with Gasteiger partial charge in [-0.3, -0.25) is 0 Å². The van der Waals surface area contributed by atoms with E-state index in [-0.39, 0.29) is 12.6 Å². The molecule has 0 spiro atoms. The van der Waals surface area contributed by atoms with Crippen molar-refractivity contribution in [2.75, 3.05) is 38.7 Å². The normalized spacial score (nSPS) is 10.2. The number of anilines is 1. The van der Waals surface area contributed by atoms with Gasteiger partial charge in [0.05, 0.1) is 7.11 Å². The first kappa shape index (κ1) is 17.3. The number of methoxy groups -OCH3 is 1. The average Bonchev–Trinajstić information content (AvgIpc) is 2.51. The number of nitrogens with zero attached hydrogens (tertiary/aromatic N) is 1. The van der Waals surface area contributed by atoms with E-state index in [9.17, 15) is 4.79 Å². The predicted octanol–water partition coefficient (Wildman–Crippen LogP) is 1.65. The first-order valence-corrected chi connectivity index (χ1v) is 7.22. The number of ether oxygens (including phenoxy) is 1. The Kier molecular flexibility index (Phi) is 8.23. The second-order valence-electron chi connectivity index (χ2n) is 4.72. The molecule has 0 radical (unpaired) electrons. The van der Waals surface area contributed by atoms with E-state index in [4.69, 9.17) is 15.6 Å². The zero-order chi connectivity index (χ0) is 15.5. The lowest BCUT2D eigenvalue weighted by atomic mass is 10.2. The van der Waals surface area contributed by atoms with Crippen molar-refractivity contribution in [2.24, 2.45) is 5.73 Å². The number of aliphatic hydroxyl groups excluding tert-OH is 1. The molecule has 0 bridgehead atoms. The van der Waals surface area contributed by atoms with Crippen LogP contribution in [0.3, 0.4) is 0 Å². The molecule has 0 aliphatic carbocycles. The minimum Gasteiger partial charge on any atom is -0.497 e. The molecule has 6 nitrogen and oxygen atoms in total. The number of urea groups is 1. The molecule has 0 unspecified atom stereocenters. The largest absolute Gasteiger partial charge is 0.497 e. The quantitative estimate of drug-likeness (QED) is 0.604. The first-order valence-electron chi connectivity index (χ1n) is 7.22. The molecule has 0 aromatic heterocycles. The van der Waals surface area contributed by atoms with Gasteiger partial charge in [0.1, 0.15) is 5.75 Å². The number of aliphatic hydroxyl groups is 1. The van der Waals surface area contributed by atoms with Crippen molar-refractivity contribution in [3.8, 4) is 5.75 Å². The van der Waals surface area contributed by atoms with Gasteiger partial charge in [-0.05, 0) is 50.1 Å². The predicted molar refractivity (Wildman–Crippen MR) is 83.6 cm³/mol. The number of amides is 2. The van der Waals surface area contributed by atoms with Gasteiger partial charge >= 0.3 is 6.03 Å². The zero-order valence-corrected chi connectivity index (χ0v) is 12.5. The van der Waals surface area contributed by atoms with Crippen molar-refractivity contribution in [1.29, 1.82) is 0 Å². The highest BCUT2D eigenvalue weighted by Crippen LogP contribution is 2.15. The fourth-order valence-corrected chi connectivity index (χ4v) is 1.90.